The summed E-state index contributed by atoms with van der Waals surface area (Å²) in [5, 5.41) is 7.94. The van der Waals surface area contributed by atoms with E-state index in [9.17, 15) is 0 Å². The summed E-state index contributed by atoms with van der Waals surface area (Å²) in [5.41, 5.74) is 5.30. The molecule has 3 nitrogen and oxygen atoms in total. The van der Waals surface area contributed by atoms with Gasteiger partial charge in [0.2, 0.25) is 0 Å². The van der Waals surface area contributed by atoms with E-state index in [2.05, 4.69) is 55.5 Å². The minimum Gasteiger partial charge on any atom is -0.310 e. The number of rotatable bonds is 6. The van der Waals surface area contributed by atoms with Crippen molar-refractivity contribution in [3.8, 4) is 0 Å². The molecule has 1 aromatic heterocycles. The van der Waals surface area contributed by atoms with Gasteiger partial charge in [0.1, 0.15) is 0 Å². The second-order valence-corrected chi connectivity index (χ2v) is 5.29. The lowest BCUT2D eigenvalue weighted by molar-refractivity contribution is 0.546. The van der Waals surface area contributed by atoms with Crippen molar-refractivity contribution in [1.29, 1.82) is 0 Å². The van der Waals surface area contributed by atoms with Crippen molar-refractivity contribution >= 4 is 0 Å². The summed E-state index contributed by atoms with van der Waals surface area (Å²) in [4.78, 5) is 0. The lowest BCUT2D eigenvalue weighted by Crippen LogP contribution is -2.23. The van der Waals surface area contributed by atoms with Crippen LogP contribution in [0.25, 0.3) is 0 Å². The summed E-state index contributed by atoms with van der Waals surface area (Å²) in [7, 11) is 2.00. The average Bonchev–Trinajstić information content (AvgIpc) is 2.79. The van der Waals surface area contributed by atoms with Crippen LogP contribution in [-0.4, -0.2) is 16.3 Å². The zero-order chi connectivity index (χ0) is 14.5. The minimum atomic E-state index is 0.334. The van der Waals surface area contributed by atoms with Gasteiger partial charge in [-0.15, -0.1) is 0 Å². The normalized spacial score (nSPS) is 12.6. The Kier molecular flexibility index (Phi) is 4.96. The molecule has 1 heterocycles. The van der Waals surface area contributed by atoms with Crippen LogP contribution in [0.15, 0.2) is 30.5 Å². The van der Waals surface area contributed by atoms with E-state index in [-0.39, 0.29) is 0 Å². The first-order chi connectivity index (χ1) is 9.65. The molecule has 0 saturated heterocycles. The molecule has 1 atom stereocenters. The molecule has 20 heavy (non-hydrogen) atoms. The highest BCUT2D eigenvalue weighted by molar-refractivity contribution is 5.27. The van der Waals surface area contributed by atoms with Crippen LogP contribution in [0.5, 0.6) is 0 Å². The fourth-order valence-electron chi connectivity index (χ4n) is 2.54. The van der Waals surface area contributed by atoms with Crippen LogP contribution in [0.2, 0.25) is 0 Å². The van der Waals surface area contributed by atoms with Crippen molar-refractivity contribution in [2.45, 2.75) is 39.7 Å². The highest BCUT2D eigenvalue weighted by Crippen LogP contribution is 2.21. The largest absolute Gasteiger partial charge is 0.310 e. The molecule has 0 aliphatic rings. The van der Waals surface area contributed by atoms with E-state index < -0.39 is 0 Å². The van der Waals surface area contributed by atoms with Gasteiger partial charge < -0.3 is 5.32 Å². The van der Waals surface area contributed by atoms with Crippen LogP contribution in [0.1, 0.15) is 42.3 Å². The van der Waals surface area contributed by atoms with E-state index in [1.807, 2.05) is 17.9 Å². The van der Waals surface area contributed by atoms with Gasteiger partial charge in [-0.25, -0.2) is 0 Å². The molecule has 1 unspecified atom stereocenters. The molecular weight excluding hydrogens is 246 g/mol. The molecular formula is C17H25N3. The van der Waals surface area contributed by atoms with E-state index in [1.54, 1.807) is 0 Å². The van der Waals surface area contributed by atoms with Crippen LogP contribution >= 0.6 is 0 Å². The molecule has 0 fully saturated rings. The Balaban J connectivity index is 2.18. The smallest absolute Gasteiger partial charge is 0.0540 e. The van der Waals surface area contributed by atoms with Gasteiger partial charge in [-0.3, -0.25) is 4.68 Å². The number of likely N-dealkylation sites (N-methyl/N-ethyl adjacent to an activating group) is 1. The van der Waals surface area contributed by atoms with E-state index in [0.29, 0.717) is 6.04 Å². The first-order valence-electron chi connectivity index (χ1n) is 7.45. The van der Waals surface area contributed by atoms with Gasteiger partial charge in [-0.2, -0.15) is 5.10 Å². The van der Waals surface area contributed by atoms with Gasteiger partial charge in [0.15, 0.2) is 0 Å². The summed E-state index contributed by atoms with van der Waals surface area (Å²) in [6.07, 6.45) is 4.09. The topological polar surface area (TPSA) is 29.9 Å². The Bertz CT molecular complexity index is 540. The third-order valence-electron chi connectivity index (χ3n) is 3.97. The van der Waals surface area contributed by atoms with Crippen LogP contribution in [0.3, 0.4) is 0 Å². The van der Waals surface area contributed by atoms with Crippen LogP contribution in [0.4, 0.5) is 0 Å². The Morgan fingerprint density at radius 3 is 2.30 bits per heavy atom. The maximum Gasteiger partial charge on any atom is 0.0540 e. The summed E-state index contributed by atoms with van der Waals surface area (Å²) in [5.74, 6) is 0. The zero-order valence-corrected chi connectivity index (χ0v) is 13.0. The first-order valence-corrected chi connectivity index (χ1v) is 7.45. The lowest BCUT2D eigenvalue weighted by Gasteiger charge is -2.18. The number of hydrogen-bond acceptors (Lipinski definition) is 2. The second kappa shape index (κ2) is 6.71. The Morgan fingerprint density at radius 1 is 1.15 bits per heavy atom. The molecule has 2 aromatic rings. The predicted octanol–water partition coefficient (Wildman–Crippen LogP) is 3.18. The van der Waals surface area contributed by atoms with Crippen LogP contribution in [-0.2, 0) is 19.9 Å². The van der Waals surface area contributed by atoms with Crippen molar-refractivity contribution in [3.63, 3.8) is 0 Å². The third kappa shape index (κ3) is 3.28. The molecule has 3 heteroatoms. The monoisotopic (exact) mass is 271 g/mol. The quantitative estimate of drug-likeness (QED) is 0.874. The van der Waals surface area contributed by atoms with Gasteiger partial charge >= 0.3 is 0 Å². The zero-order valence-electron chi connectivity index (χ0n) is 13.0. The molecule has 0 aliphatic carbocycles. The van der Waals surface area contributed by atoms with E-state index in [0.717, 1.165) is 19.4 Å². The fraction of sp³-hybridized carbons (Fsp3) is 0.471. The molecule has 0 aliphatic heterocycles. The van der Waals surface area contributed by atoms with E-state index in [1.165, 1.54) is 22.4 Å². The second-order valence-electron chi connectivity index (χ2n) is 5.29. The summed E-state index contributed by atoms with van der Waals surface area (Å²) in [6, 6.07) is 9.29. The maximum atomic E-state index is 4.36. The number of nitrogens with one attached hydrogen (secondary N) is 1. The molecule has 1 aromatic carbocycles. The molecule has 0 radical (unpaired) electrons. The summed E-state index contributed by atoms with van der Waals surface area (Å²) >= 11 is 0. The number of nitrogens with zero attached hydrogens (tertiary/aromatic N) is 2. The Labute approximate surface area is 122 Å². The first kappa shape index (κ1) is 14.8. The van der Waals surface area contributed by atoms with E-state index >= 15 is 0 Å². The van der Waals surface area contributed by atoms with Crippen molar-refractivity contribution in [2.75, 3.05) is 6.54 Å². The van der Waals surface area contributed by atoms with Gasteiger partial charge in [-0.05, 0) is 37.4 Å². The molecule has 2 rings (SSSR count). The summed E-state index contributed by atoms with van der Waals surface area (Å²) < 4.78 is 1.94. The standard InChI is InChI=1S/C17H25N3/c1-5-14-7-9-15(10-8-14)11-17(18-6-2)16-12-19-20(4)13(16)3/h7-10,12,17-18H,5-6,11H2,1-4H3. The minimum absolute atomic E-state index is 0.334. The predicted molar refractivity (Wildman–Crippen MR) is 83.9 cm³/mol. The average molecular weight is 271 g/mol. The molecule has 0 saturated carbocycles. The number of aryl methyl sites for hydroxylation is 2. The van der Waals surface area contributed by atoms with Gasteiger partial charge in [0.05, 0.1) is 6.20 Å². The van der Waals surface area contributed by atoms with Gasteiger partial charge in [0, 0.05) is 24.3 Å². The molecule has 0 bridgehead atoms. The molecule has 0 spiro atoms. The molecule has 108 valence electrons. The van der Waals surface area contributed by atoms with Crippen molar-refractivity contribution in [3.05, 3.63) is 52.8 Å². The lowest BCUT2D eigenvalue weighted by atomic mass is 9.98. The Morgan fingerprint density at radius 2 is 1.80 bits per heavy atom. The van der Waals surface area contributed by atoms with Crippen molar-refractivity contribution in [1.82, 2.24) is 15.1 Å². The Hall–Kier alpha value is -1.61. The van der Waals surface area contributed by atoms with Gasteiger partial charge in [-0.1, -0.05) is 38.1 Å². The fourth-order valence-corrected chi connectivity index (χ4v) is 2.54. The highest BCUT2D eigenvalue weighted by atomic mass is 15.3. The van der Waals surface area contributed by atoms with Crippen molar-refractivity contribution in [2.24, 2.45) is 7.05 Å². The van der Waals surface area contributed by atoms with Crippen LogP contribution in [0, 0.1) is 6.92 Å². The molecule has 0 amide bonds. The number of benzene rings is 1. The maximum absolute atomic E-state index is 4.36. The highest BCUT2D eigenvalue weighted by Gasteiger charge is 2.16. The van der Waals surface area contributed by atoms with Crippen LogP contribution < -0.4 is 5.32 Å². The van der Waals surface area contributed by atoms with Crippen molar-refractivity contribution < 1.29 is 0 Å². The summed E-state index contributed by atoms with van der Waals surface area (Å²) in [6.45, 7) is 7.44. The number of hydrogen-bond donors (Lipinski definition) is 1. The van der Waals surface area contributed by atoms with Gasteiger partial charge in [0.25, 0.3) is 0 Å². The van der Waals surface area contributed by atoms with E-state index in [4.69, 9.17) is 0 Å². The third-order valence-corrected chi connectivity index (χ3v) is 3.97. The SMILES string of the molecule is CCNC(Cc1ccc(CC)cc1)c1cnn(C)c1C. The number of aromatic nitrogens is 2. The molecule has 1 N–H and O–H groups in total.